The second-order valence-corrected chi connectivity index (χ2v) is 2.39. The van der Waals surface area contributed by atoms with Crippen LogP contribution in [-0.2, 0) is 4.74 Å². The maximum absolute atomic E-state index is 11.2. The molecule has 0 spiro atoms. The smallest absolute Gasteiger partial charge is 0.213 e. The van der Waals surface area contributed by atoms with Gasteiger partial charge in [-0.25, -0.2) is 0 Å². The first-order chi connectivity index (χ1) is 5.74. The fourth-order valence-electron chi connectivity index (χ4n) is 0.845. The van der Waals surface area contributed by atoms with Crippen LogP contribution >= 0.6 is 0 Å². The molecule has 12 heavy (non-hydrogen) atoms. The molecule has 1 aromatic rings. The average molecular weight is 164 g/mol. The lowest BCUT2D eigenvalue weighted by atomic mass is 10.1. The van der Waals surface area contributed by atoms with Gasteiger partial charge in [0.15, 0.2) is 12.4 Å². The van der Waals surface area contributed by atoms with Gasteiger partial charge in [0, 0.05) is 11.3 Å². The molecule has 1 aromatic carbocycles. The zero-order valence-corrected chi connectivity index (χ0v) is 6.62. The molecule has 0 saturated carbocycles. The Bertz CT molecular complexity index is 266. The minimum absolute atomic E-state index is 0.00389. The predicted molar refractivity (Wildman–Crippen MR) is 46.5 cm³/mol. The zero-order valence-electron chi connectivity index (χ0n) is 6.62. The number of anilines is 1. The molecule has 0 aliphatic carbocycles. The SMILES string of the molecule is [CH2+]OCC(=O)c1ccc(N)cc1. The summed E-state index contributed by atoms with van der Waals surface area (Å²) in [5, 5.41) is 0. The van der Waals surface area contributed by atoms with Gasteiger partial charge in [-0.05, 0) is 24.3 Å². The van der Waals surface area contributed by atoms with Crippen LogP contribution in [0.1, 0.15) is 10.4 Å². The number of nitrogen functional groups attached to an aromatic ring is 1. The van der Waals surface area contributed by atoms with Crippen molar-refractivity contribution in [2.24, 2.45) is 0 Å². The minimum Gasteiger partial charge on any atom is -0.399 e. The monoisotopic (exact) mass is 164 g/mol. The molecule has 62 valence electrons. The van der Waals surface area contributed by atoms with Crippen molar-refractivity contribution in [1.29, 1.82) is 0 Å². The van der Waals surface area contributed by atoms with Crippen LogP contribution in [0.2, 0.25) is 0 Å². The fourth-order valence-corrected chi connectivity index (χ4v) is 0.845. The van der Waals surface area contributed by atoms with Gasteiger partial charge in [0.1, 0.15) is 0 Å². The number of hydrogen-bond acceptors (Lipinski definition) is 3. The van der Waals surface area contributed by atoms with E-state index in [4.69, 9.17) is 5.73 Å². The van der Waals surface area contributed by atoms with Crippen LogP contribution in [-0.4, -0.2) is 12.4 Å². The Morgan fingerprint density at radius 3 is 2.50 bits per heavy atom. The molecule has 0 radical (unpaired) electrons. The number of hydrogen-bond donors (Lipinski definition) is 1. The lowest BCUT2D eigenvalue weighted by Gasteiger charge is -1.96. The van der Waals surface area contributed by atoms with Crippen LogP contribution in [0.25, 0.3) is 0 Å². The molecule has 0 aliphatic heterocycles. The molecule has 0 unspecified atom stereocenters. The molecule has 0 saturated heterocycles. The van der Waals surface area contributed by atoms with Crippen molar-refractivity contribution in [3.05, 3.63) is 36.9 Å². The van der Waals surface area contributed by atoms with Gasteiger partial charge in [-0.15, -0.1) is 0 Å². The summed E-state index contributed by atoms with van der Waals surface area (Å²) in [4.78, 5) is 11.2. The number of ketones is 1. The van der Waals surface area contributed by atoms with Crippen molar-refractivity contribution in [1.82, 2.24) is 0 Å². The summed E-state index contributed by atoms with van der Waals surface area (Å²) >= 11 is 0. The van der Waals surface area contributed by atoms with Gasteiger partial charge in [0.2, 0.25) is 7.11 Å². The van der Waals surface area contributed by atoms with Crippen LogP contribution in [0.4, 0.5) is 5.69 Å². The molecular weight excluding hydrogens is 154 g/mol. The molecule has 0 amide bonds. The Kier molecular flexibility index (Phi) is 2.71. The maximum atomic E-state index is 11.2. The highest BCUT2D eigenvalue weighted by atomic mass is 16.5. The Balaban J connectivity index is 2.75. The second-order valence-electron chi connectivity index (χ2n) is 2.39. The standard InChI is InChI=1S/C9H9NO2/c1-12-6-9(11)7-2-4-8(10)5-3-7/h2-5H,1,6H2,(H-,10,11)/p+1. The van der Waals surface area contributed by atoms with Gasteiger partial charge in [-0.1, -0.05) is 0 Å². The van der Waals surface area contributed by atoms with E-state index in [1.54, 1.807) is 24.3 Å². The van der Waals surface area contributed by atoms with Crippen LogP contribution in [0.5, 0.6) is 0 Å². The number of nitrogens with two attached hydrogens (primary N) is 1. The molecule has 0 bridgehead atoms. The molecular formula is C9H10NO2+. The maximum Gasteiger partial charge on any atom is 0.213 e. The van der Waals surface area contributed by atoms with Crippen LogP contribution < -0.4 is 5.73 Å². The predicted octanol–water partition coefficient (Wildman–Crippen LogP) is 1.26. The highest BCUT2D eigenvalue weighted by Gasteiger charge is 2.05. The summed E-state index contributed by atoms with van der Waals surface area (Å²) in [6.07, 6.45) is 0. The van der Waals surface area contributed by atoms with E-state index < -0.39 is 0 Å². The summed E-state index contributed by atoms with van der Waals surface area (Å²) in [5.41, 5.74) is 6.68. The molecule has 0 atom stereocenters. The van der Waals surface area contributed by atoms with E-state index in [1.807, 2.05) is 0 Å². The number of Topliss-reactive ketones (excluding diaryl/α,β-unsaturated/α-hetero) is 1. The lowest BCUT2D eigenvalue weighted by Crippen LogP contribution is -2.05. The van der Waals surface area contributed by atoms with Crippen LogP contribution in [0.3, 0.4) is 0 Å². The normalized spacial score (nSPS) is 9.67. The molecule has 2 N–H and O–H groups in total. The third kappa shape index (κ3) is 2.00. The molecule has 1 rings (SSSR count). The first-order valence-electron chi connectivity index (χ1n) is 3.50. The molecule has 0 heterocycles. The minimum atomic E-state index is -0.0926. The van der Waals surface area contributed by atoms with Crippen molar-refractivity contribution in [3.63, 3.8) is 0 Å². The van der Waals surface area contributed by atoms with Gasteiger partial charge in [-0.3, -0.25) is 4.79 Å². The number of benzene rings is 1. The third-order valence-corrected chi connectivity index (χ3v) is 1.47. The number of carbonyl (C=O) groups excluding carboxylic acids is 1. The Hall–Kier alpha value is -1.48. The summed E-state index contributed by atoms with van der Waals surface area (Å²) in [7, 11) is 3.12. The fraction of sp³-hybridized carbons (Fsp3) is 0.111. The van der Waals surface area contributed by atoms with E-state index >= 15 is 0 Å². The molecule has 0 aliphatic rings. The first kappa shape index (κ1) is 8.62. The van der Waals surface area contributed by atoms with Gasteiger partial charge in [0.05, 0.1) is 0 Å². The summed E-state index contributed by atoms with van der Waals surface area (Å²) < 4.78 is 4.46. The van der Waals surface area contributed by atoms with Crippen molar-refractivity contribution >= 4 is 11.5 Å². The van der Waals surface area contributed by atoms with Crippen molar-refractivity contribution < 1.29 is 9.53 Å². The third-order valence-electron chi connectivity index (χ3n) is 1.47. The van der Waals surface area contributed by atoms with Crippen molar-refractivity contribution in [2.75, 3.05) is 12.3 Å². The first-order valence-corrected chi connectivity index (χ1v) is 3.50. The summed E-state index contributed by atoms with van der Waals surface area (Å²) in [6.45, 7) is 0.00389. The van der Waals surface area contributed by atoms with Gasteiger partial charge in [-0.2, -0.15) is 4.74 Å². The number of ether oxygens (including phenoxy) is 1. The molecule has 0 fully saturated rings. The van der Waals surface area contributed by atoms with E-state index in [0.29, 0.717) is 11.3 Å². The highest BCUT2D eigenvalue weighted by molar-refractivity contribution is 5.97. The molecule has 3 nitrogen and oxygen atoms in total. The van der Waals surface area contributed by atoms with Gasteiger partial charge < -0.3 is 5.73 Å². The van der Waals surface area contributed by atoms with E-state index in [1.165, 1.54) is 0 Å². The van der Waals surface area contributed by atoms with Crippen molar-refractivity contribution in [2.45, 2.75) is 0 Å². The van der Waals surface area contributed by atoms with Crippen LogP contribution in [0.15, 0.2) is 24.3 Å². The Morgan fingerprint density at radius 2 is 2.00 bits per heavy atom. The average Bonchev–Trinajstić information content (AvgIpc) is 2.06. The quantitative estimate of drug-likeness (QED) is 0.415. The van der Waals surface area contributed by atoms with Crippen LogP contribution in [0, 0.1) is 7.11 Å². The topological polar surface area (TPSA) is 52.3 Å². The molecule has 3 heteroatoms. The van der Waals surface area contributed by atoms with Gasteiger partial charge in [0.25, 0.3) is 0 Å². The van der Waals surface area contributed by atoms with E-state index in [-0.39, 0.29) is 12.4 Å². The van der Waals surface area contributed by atoms with E-state index in [0.717, 1.165) is 0 Å². The summed E-state index contributed by atoms with van der Waals surface area (Å²) in [5.74, 6) is -0.0926. The highest BCUT2D eigenvalue weighted by Crippen LogP contribution is 2.05. The lowest BCUT2D eigenvalue weighted by molar-refractivity contribution is 0.0882. The van der Waals surface area contributed by atoms with Crippen molar-refractivity contribution in [3.8, 4) is 0 Å². The largest absolute Gasteiger partial charge is 0.399 e. The number of carbonyl (C=O) groups is 1. The van der Waals surface area contributed by atoms with E-state index in [9.17, 15) is 4.79 Å². The Morgan fingerprint density at radius 1 is 1.42 bits per heavy atom. The Labute approximate surface area is 71.1 Å². The number of rotatable bonds is 3. The van der Waals surface area contributed by atoms with E-state index in [2.05, 4.69) is 11.8 Å². The zero-order chi connectivity index (χ0) is 8.97. The van der Waals surface area contributed by atoms with Gasteiger partial charge >= 0.3 is 0 Å². The second kappa shape index (κ2) is 3.78. The molecule has 0 aromatic heterocycles. The summed E-state index contributed by atoms with van der Waals surface area (Å²) in [6, 6.07) is 6.68.